The zero-order valence-corrected chi connectivity index (χ0v) is 20.4. The van der Waals surface area contributed by atoms with Crippen molar-refractivity contribution in [2.75, 3.05) is 11.9 Å². The highest BCUT2D eigenvalue weighted by molar-refractivity contribution is 6.35. The topological polar surface area (TPSA) is 92.9 Å². The van der Waals surface area contributed by atoms with Gasteiger partial charge >= 0.3 is 0 Å². The summed E-state index contributed by atoms with van der Waals surface area (Å²) in [4.78, 5) is 25.1. The molecule has 0 spiro atoms. The van der Waals surface area contributed by atoms with Crippen molar-refractivity contribution in [3.05, 3.63) is 80.2 Å². The van der Waals surface area contributed by atoms with Crippen LogP contribution in [0.1, 0.15) is 40.3 Å². The van der Waals surface area contributed by atoms with Gasteiger partial charge in [-0.15, -0.1) is 0 Å². The largest absolute Gasteiger partial charge is 0.482 e. The number of nitrogens with one attached hydrogen (secondary N) is 2. The van der Waals surface area contributed by atoms with Gasteiger partial charge in [0.2, 0.25) is 0 Å². The van der Waals surface area contributed by atoms with Crippen molar-refractivity contribution >= 4 is 58.0 Å². The van der Waals surface area contributed by atoms with Gasteiger partial charge in [-0.1, -0.05) is 46.9 Å². The van der Waals surface area contributed by atoms with Crippen molar-refractivity contribution < 1.29 is 18.7 Å². The maximum Gasteiger partial charge on any atom is 0.291 e. The average molecular weight is 521 g/mol. The van der Waals surface area contributed by atoms with E-state index in [0.717, 1.165) is 12.0 Å². The van der Waals surface area contributed by atoms with Crippen LogP contribution < -0.4 is 15.5 Å². The summed E-state index contributed by atoms with van der Waals surface area (Å²) in [5.41, 5.74) is 5.01. The van der Waals surface area contributed by atoms with E-state index in [4.69, 9.17) is 44.0 Å². The lowest BCUT2D eigenvalue weighted by atomic mass is 9.93. The number of hydrogen-bond donors (Lipinski definition) is 2. The first kappa shape index (κ1) is 24.1. The average Bonchev–Trinajstić information content (AvgIpc) is 3.16. The molecule has 176 valence electrons. The Kier molecular flexibility index (Phi) is 7.46. The summed E-state index contributed by atoms with van der Waals surface area (Å²) in [6.45, 7) is 1.51. The Balaban J connectivity index is 1.46. The number of rotatable bonds is 6. The van der Waals surface area contributed by atoms with Crippen LogP contribution in [0.25, 0.3) is 0 Å². The van der Waals surface area contributed by atoms with Gasteiger partial charge in [-0.3, -0.25) is 9.59 Å². The van der Waals surface area contributed by atoms with Crippen LogP contribution in [-0.2, 0) is 11.2 Å². The molecule has 2 aromatic carbocycles. The van der Waals surface area contributed by atoms with Crippen molar-refractivity contribution in [1.29, 1.82) is 0 Å². The van der Waals surface area contributed by atoms with Crippen LogP contribution in [0.5, 0.6) is 5.75 Å². The molecule has 0 aliphatic heterocycles. The van der Waals surface area contributed by atoms with E-state index in [1.807, 2.05) is 0 Å². The third-order valence-electron chi connectivity index (χ3n) is 5.22. The van der Waals surface area contributed by atoms with Gasteiger partial charge in [-0.05, 0) is 50.1 Å². The van der Waals surface area contributed by atoms with Crippen LogP contribution in [0, 0.1) is 6.92 Å². The normalized spacial score (nSPS) is 13.9. The summed E-state index contributed by atoms with van der Waals surface area (Å²) in [6.07, 6.45) is 2.07. The molecule has 0 radical (unpaired) electrons. The van der Waals surface area contributed by atoms with Gasteiger partial charge in [-0.25, -0.2) is 5.43 Å². The third kappa shape index (κ3) is 5.38. The van der Waals surface area contributed by atoms with Crippen LogP contribution in [0.2, 0.25) is 15.1 Å². The Morgan fingerprint density at radius 2 is 1.88 bits per heavy atom. The van der Waals surface area contributed by atoms with Crippen molar-refractivity contribution in [2.45, 2.75) is 26.2 Å². The van der Waals surface area contributed by atoms with Gasteiger partial charge in [-0.2, -0.15) is 5.10 Å². The second kappa shape index (κ2) is 10.5. The van der Waals surface area contributed by atoms with E-state index in [2.05, 4.69) is 15.8 Å². The number of benzene rings is 2. The zero-order valence-electron chi connectivity index (χ0n) is 18.1. The summed E-state index contributed by atoms with van der Waals surface area (Å²) in [7, 11) is 0. The van der Waals surface area contributed by atoms with E-state index in [-0.39, 0.29) is 12.4 Å². The van der Waals surface area contributed by atoms with Crippen LogP contribution in [0.3, 0.4) is 0 Å². The van der Waals surface area contributed by atoms with Gasteiger partial charge in [0.1, 0.15) is 11.5 Å². The number of furan rings is 1. The molecule has 0 bridgehead atoms. The molecule has 0 unspecified atom stereocenters. The van der Waals surface area contributed by atoms with Gasteiger partial charge < -0.3 is 14.5 Å². The van der Waals surface area contributed by atoms with Crippen molar-refractivity contribution in [1.82, 2.24) is 5.43 Å². The Hall–Kier alpha value is -3.00. The number of hydrazone groups is 1. The first-order valence-electron chi connectivity index (χ1n) is 10.4. The van der Waals surface area contributed by atoms with E-state index in [0.29, 0.717) is 56.4 Å². The number of ether oxygens (including phenoxy) is 1. The number of carbonyl (C=O) groups excluding carboxylic acids is 2. The number of nitrogens with zero attached hydrogens (tertiary/aromatic N) is 1. The molecule has 1 aliphatic carbocycles. The molecule has 0 fully saturated rings. The molecule has 1 aliphatic rings. The quantitative estimate of drug-likeness (QED) is 0.388. The van der Waals surface area contributed by atoms with E-state index < -0.39 is 11.8 Å². The van der Waals surface area contributed by atoms with Crippen LogP contribution in [0.4, 0.5) is 5.69 Å². The Morgan fingerprint density at radius 1 is 1.09 bits per heavy atom. The molecule has 2 N–H and O–H groups in total. The minimum Gasteiger partial charge on any atom is -0.482 e. The number of halogens is 3. The fraction of sp³-hybridized carbons (Fsp3) is 0.208. The monoisotopic (exact) mass is 519 g/mol. The molecule has 34 heavy (non-hydrogen) atoms. The number of anilines is 1. The van der Waals surface area contributed by atoms with Crippen molar-refractivity contribution in [3.8, 4) is 5.75 Å². The Labute approximate surface area is 211 Å². The molecule has 4 rings (SSSR count). The van der Waals surface area contributed by atoms with Gasteiger partial charge in [0.15, 0.2) is 12.4 Å². The van der Waals surface area contributed by atoms with Gasteiger partial charge in [0.05, 0.1) is 21.4 Å². The molecule has 1 heterocycles. The zero-order chi connectivity index (χ0) is 24.2. The Bertz CT molecular complexity index is 1290. The summed E-state index contributed by atoms with van der Waals surface area (Å²) < 4.78 is 11.3. The summed E-state index contributed by atoms with van der Waals surface area (Å²) >= 11 is 18.1. The predicted octanol–water partition coefficient (Wildman–Crippen LogP) is 6.04. The second-order valence-electron chi connectivity index (χ2n) is 7.60. The lowest BCUT2D eigenvalue weighted by molar-refractivity contribution is -0.123. The fourth-order valence-electron chi connectivity index (χ4n) is 3.64. The SMILES string of the molecule is Cc1c(C(=O)Nc2ccccc2Cl)oc2c1/C(=N/NC(=O)COc1ccc(Cl)cc1Cl)CCC2. The molecule has 2 amide bonds. The maximum absolute atomic E-state index is 12.8. The van der Waals surface area contributed by atoms with E-state index >= 15 is 0 Å². The fourth-order valence-corrected chi connectivity index (χ4v) is 4.28. The van der Waals surface area contributed by atoms with Crippen LogP contribution >= 0.6 is 34.8 Å². The number of para-hydroxylation sites is 1. The van der Waals surface area contributed by atoms with E-state index in [1.165, 1.54) is 6.07 Å². The van der Waals surface area contributed by atoms with Crippen molar-refractivity contribution in [2.24, 2.45) is 5.10 Å². The third-order valence-corrected chi connectivity index (χ3v) is 6.08. The second-order valence-corrected chi connectivity index (χ2v) is 8.85. The molecule has 10 heteroatoms. The molecular formula is C24H20Cl3N3O4. The van der Waals surface area contributed by atoms with Gasteiger partial charge in [0, 0.05) is 22.6 Å². The maximum atomic E-state index is 12.8. The number of amides is 2. The first-order chi connectivity index (χ1) is 16.3. The standard InChI is InChI=1S/C24H20Cl3N3O4/c1-13-22-18(29-30-21(31)12-33-19-10-9-14(25)11-16(19)27)7-4-8-20(22)34-23(13)24(32)28-17-6-3-2-5-15(17)26/h2-3,5-6,9-11H,4,7-8,12H2,1H3,(H,28,32)(H,30,31)/b29-18+. The lowest BCUT2D eigenvalue weighted by Gasteiger charge is -2.13. The number of fused-ring (bicyclic) bond motifs is 1. The molecule has 1 aromatic heterocycles. The highest BCUT2D eigenvalue weighted by Crippen LogP contribution is 2.31. The summed E-state index contributed by atoms with van der Waals surface area (Å²) in [5.74, 6) is 0.325. The highest BCUT2D eigenvalue weighted by atomic mass is 35.5. The molecule has 0 saturated carbocycles. The molecular weight excluding hydrogens is 501 g/mol. The lowest BCUT2D eigenvalue weighted by Crippen LogP contribution is -2.27. The minimum absolute atomic E-state index is 0.187. The first-order valence-corrected chi connectivity index (χ1v) is 11.6. The minimum atomic E-state index is -0.455. The molecule has 0 atom stereocenters. The smallest absolute Gasteiger partial charge is 0.291 e. The van der Waals surface area contributed by atoms with Gasteiger partial charge in [0.25, 0.3) is 11.8 Å². The summed E-state index contributed by atoms with van der Waals surface area (Å²) in [6, 6.07) is 11.7. The number of hydrogen-bond acceptors (Lipinski definition) is 5. The molecule has 0 saturated heterocycles. The van der Waals surface area contributed by atoms with Crippen LogP contribution in [0.15, 0.2) is 52.0 Å². The number of carbonyl (C=O) groups is 2. The van der Waals surface area contributed by atoms with Crippen LogP contribution in [-0.4, -0.2) is 24.1 Å². The van der Waals surface area contributed by atoms with E-state index in [9.17, 15) is 9.59 Å². The van der Waals surface area contributed by atoms with E-state index in [1.54, 1.807) is 43.3 Å². The molecule has 3 aromatic rings. The Morgan fingerprint density at radius 3 is 2.65 bits per heavy atom. The molecule has 7 nitrogen and oxygen atoms in total. The highest BCUT2D eigenvalue weighted by Gasteiger charge is 2.28. The van der Waals surface area contributed by atoms with Crippen molar-refractivity contribution in [3.63, 3.8) is 0 Å². The predicted molar refractivity (Wildman–Crippen MR) is 132 cm³/mol. The summed E-state index contributed by atoms with van der Waals surface area (Å²) in [5, 5.41) is 8.25. The number of aryl methyl sites for hydroxylation is 1.